The number of aliphatic hydroxyl groups excluding tert-OH is 1. The number of carbonyl (C=O) groups excluding carboxylic acids is 3. The van der Waals surface area contributed by atoms with Crippen LogP contribution in [0.25, 0.3) is 0 Å². The highest BCUT2D eigenvalue weighted by Crippen LogP contribution is 2.59. The van der Waals surface area contributed by atoms with E-state index < -0.39 is 41.6 Å². The van der Waals surface area contributed by atoms with Gasteiger partial charge in [-0.05, 0) is 56.4 Å². The van der Waals surface area contributed by atoms with Gasteiger partial charge in [0.1, 0.15) is 11.6 Å². The van der Waals surface area contributed by atoms with E-state index in [0.29, 0.717) is 42.8 Å². The molecule has 0 aliphatic carbocycles. The third-order valence-corrected chi connectivity index (χ3v) is 8.08. The zero-order valence-electron chi connectivity index (χ0n) is 21.2. The number of anilines is 1. The second-order valence-electron chi connectivity index (χ2n) is 9.86. The third kappa shape index (κ3) is 4.71. The van der Waals surface area contributed by atoms with Crippen molar-refractivity contribution in [3.63, 3.8) is 0 Å². The van der Waals surface area contributed by atoms with Gasteiger partial charge < -0.3 is 24.4 Å². The summed E-state index contributed by atoms with van der Waals surface area (Å²) in [6, 6.07) is 5.26. The number of likely N-dealkylation sites (tertiary alicyclic amines) is 1. The molecule has 1 spiro atoms. The summed E-state index contributed by atoms with van der Waals surface area (Å²) in [4.78, 5) is 44.5. The molecule has 3 heterocycles. The van der Waals surface area contributed by atoms with Crippen molar-refractivity contribution in [2.24, 2.45) is 11.8 Å². The molecular weight excluding hydrogens is 496 g/mol. The molecule has 2 unspecified atom stereocenters. The highest BCUT2D eigenvalue weighted by molar-refractivity contribution is 6.30. The molecule has 2 amide bonds. The van der Waals surface area contributed by atoms with E-state index in [1.807, 2.05) is 6.92 Å². The van der Waals surface area contributed by atoms with E-state index in [1.54, 1.807) is 41.3 Å². The Kier molecular flexibility index (Phi) is 8.41. The Labute approximate surface area is 222 Å². The van der Waals surface area contributed by atoms with Gasteiger partial charge in [-0.15, -0.1) is 13.2 Å². The van der Waals surface area contributed by atoms with Crippen molar-refractivity contribution < 1.29 is 29.0 Å². The van der Waals surface area contributed by atoms with Crippen molar-refractivity contribution in [2.45, 2.75) is 62.8 Å². The Morgan fingerprint density at radius 3 is 2.68 bits per heavy atom. The van der Waals surface area contributed by atoms with E-state index in [0.717, 1.165) is 0 Å². The van der Waals surface area contributed by atoms with Crippen molar-refractivity contribution in [1.29, 1.82) is 0 Å². The van der Waals surface area contributed by atoms with Crippen molar-refractivity contribution in [3.8, 4) is 0 Å². The predicted molar refractivity (Wildman–Crippen MR) is 140 cm³/mol. The molecule has 4 rings (SSSR count). The summed E-state index contributed by atoms with van der Waals surface area (Å²) in [6.07, 6.45) is 5.69. The predicted octanol–water partition coefficient (Wildman–Crippen LogP) is 3.51. The monoisotopic (exact) mass is 530 g/mol. The van der Waals surface area contributed by atoms with E-state index in [1.165, 1.54) is 4.90 Å². The van der Waals surface area contributed by atoms with Crippen LogP contribution in [0.15, 0.2) is 49.6 Å². The van der Waals surface area contributed by atoms with Gasteiger partial charge in [-0.2, -0.15) is 0 Å². The van der Waals surface area contributed by atoms with Gasteiger partial charge in [-0.1, -0.05) is 30.7 Å². The summed E-state index contributed by atoms with van der Waals surface area (Å²) >= 11 is 6.07. The molecular formula is C28H35ClN2O6. The first-order valence-corrected chi connectivity index (χ1v) is 13.3. The van der Waals surface area contributed by atoms with Crippen LogP contribution in [0.2, 0.25) is 5.02 Å². The van der Waals surface area contributed by atoms with Crippen molar-refractivity contribution in [1.82, 2.24) is 4.90 Å². The lowest BCUT2D eigenvalue weighted by molar-refractivity contribution is -0.155. The first-order chi connectivity index (χ1) is 17.8. The maximum atomic E-state index is 14.3. The van der Waals surface area contributed by atoms with Crippen LogP contribution in [-0.2, 0) is 23.9 Å². The fourth-order valence-corrected chi connectivity index (χ4v) is 6.29. The van der Waals surface area contributed by atoms with Gasteiger partial charge in [0.05, 0.1) is 37.2 Å². The molecule has 0 radical (unpaired) electrons. The molecule has 200 valence electrons. The molecule has 8 nitrogen and oxygen atoms in total. The minimum absolute atomic E-state index is 0.202. The van der Waals surface area contributed by atoms with E-state index in [-0.39, 0.29) is 31.6 Å². The summed E-state index contributed by atoms with van der Waals surface area (Å²) in [6.45, 7) is 9.46. The van der Waals surface area contributed by atoms with Crippen LogP contribution in [0.3, 0.4) is 0 Å². The number of rotatable bonds is 12. The Morgan fingerprint density at radius 2 is 2.05 bits per heavy atom. The van der Waals surface area contributed by atoms with Gasteiger partial charge in [-0.25, -0.2) is 0 Å². The number of nitrogens with zero attached hydrogens (tertiary/aromatic N) is 2. The lowest BCUT2D eigenvalue weighted by atomic mass is 9.70. The van der Waals surface area contributed by atoms with Crippen LogP contribution < -0.4 is 4.90 Å². The number of benzene rings is 1. The number of esters is 1. The maximum absolute atomic E-state index is 14.3. The van der Waals surface area contributed by atoms with E-state index in [4.69, 9.17) is 21.1 Å². The SMILES string of the molecule is C=CCCCOC(=O)[C@@H]1[C@H]2C(=O)N([C@@H](CC)CO)C(C(=O)N(CC=C)c3ccc(Cl)cc3)C23CC[C@H]1O3. The van der Waals surface area contributed by atoms with E-state index in [2.05, 4.69) is 13.2 Å². The normalized spacial score (nSPS) is 28.6. The number of ether oxygens (including phenoxy) is 2. The first kappa shape index (κ1) is 27.4. The molecule has 0 saturated carbocycles. The largest absolute Gasteiger partial charge is 0.465 e. The Balaban J connectivity index is 1.72. The maximum Gasteiger partial charge on any atom is 0.312 e. The van der Waals surface area contributed by atoms with E-state index in [9.17, 15) is 19.5 Å². The van der Waals surface area contributed by atoms with Crippen LogP contribution in [0.1, 0.15) is 39.0 Å². The molecule has 3 saturated heterocycles. The number of halogens is 1. The standard InChI is InChI=1S/C28H35ClN2O6/c1-4-7-8-16-36-27(35)22-21-13-14-28(37-21)23(22)25(33)31(19(6-3)17-32)24(28)26(34)30(15-5-2)20-11-9-18(29)10-12-20/h4-5,9-12,19,21-24,32H,1-2,6-8,13-17H2,3H3/t19-,21+,22-,23-,24?,28?/m0/s1. The summed E-state index contributed by atoms with van der Waals surface area (Å²) in [7, 11) is 0. The summed E-state index contributed by atoms with van der Waals surface area (Å²) in [5, 5.41) is 10.7. The quantitative estimate of drug-likeness (QED) is 0.252. The fraction of sp³-hybridized carbons (Fsp3) is 0.536. The fourth-order valence-electron chi connectivity index (χ4n) is 6.16. The molecule has 6 atom stereocenters. The average Bonchev–Trinajstić information content (AvgIpc) is 3.54. The zero-order valence-corrected chi connectivity index (χ0v) is 21.9. The smallest absolute Gasteiger partial charge is 0.312 e. The zero-order chi connectivity index (χ0) is 26.7. The van der Waals surface area contributed by atoms with E-state index >= 15 is 0 Å². The second-order valence-corrected chi connectivity index (χ2v) is 10.3. The number of amides is 2. The lowest BCUT2D eigenvalue weighted by Gasteiger charge is -2.39. The van der Waals surface area contributed by atoms with Gasteiger partial charge >= 0.3 is 5.97 Å². The van der Waals surface area contributed by atoms with Crippen molar-refractivity contribution >= 4 is 35.1 Å². The van der Waals surface area contributed by atoms with Gasteiger partial charge in [-0.3, -0.25) is 14.4 Å². The Hall–Kier alpha value is -2.68. The van der Waals surface area contributed by atoms with Gasteiger partial charge in [0.2, 0.25) is 5.91 Å². The molecule has 1 aromatic rings. The van der Waals surface area contributed by atoms with Crippen molar-refractivity contribution in [3.05, 3.63) is 54.6 Å². The van der Waals surface area contributed by atoms with Crippen molar-refractivity contribution in [2.75, 3.05) is 24.7 Å². The van der Waals surface area contributed by atoms with Crippen LogP contribution >= 0.6 is 11.6 Å². The molecule has 3 aliphatic rings. The number of carbonyl (C=O) groups is 3. The topological polar surface area (TPSA) is 96.4 Å². The summed E-state index contributed by atoms with van der Waals surface area (Å²) < 4.78 is 12.0. The number of hydrogen-bond donors (Lipinski definition) is 1. The second kappa shape index (κ2) is 11.4. The summed E-state index contributed by atoms with van der Waals surface area (Å²) in [5.41, 5.74) is -0.567. The highest BCUT2D eigenvalue weighted by atomic mass is 35.5. The molecule has 1 aromatic carbocycles. The lowest BCUT2D eigenvalue weighted by Crippen LogP contribution is -2.59. The molecule has 0 aromatic heterocycles. The molecule has 9 heteroatoms. The van der Waals surface area contributed by atoms with Gasteiger partial charge in [0.25, 0.3) is 5.91 Å². The Morgan fingerprint density at radius 1 is 1.32 bits per heavy atom. The minimum Gasteiger partial charge on any atom is -0.465 e. The van der Waals surface area contributed by atoms with Gasteiger partial charge in [0.15, 0.2) is 0 Å². The number of aliphatic hydroxyl groups is 1. The Bertz CT molecular complexity index is 1040. The molecule has 37 heavy (non-hydrogen) atoms. The highest BCUT2D eigenvalue weighted by Gasteiger charge is 2.75. The van der Waals surface area contributed by atoms with Crippen LogP contribution in [-0.4, -0.2) is 71.3 Å². The number of hydrogen-bond acceptors (Lipinski definition) is 6. The van der Waals surface area contributed by atoms with Crippen LogP contribution in [0.5, 0.6) is 0 Å². The summed E-state index contributed by atoms with van der Waals surface area (Å²) in [5.74, 6) is -2.79. The number of fused-ring (bicyclic) bond motifs is 1. The number of unbranched alkanes of at least 4 members (excludes halogenated alkanes) is 1. The molecule has 1 N–H and O–H groups in total. The minimum atomic E-state index is -1.17. The molecule has 2 bridgehead atoms. The third-order valence-electron chi connectivity index (χ3n) is 7.83. The number of allylic oxidation sites excluding steroid dienone is 1. The van der Waals surface area contributed by atoms with Crippen LogP contribution in [0.4, 0.5) is 5.69 Å². The molecule has 3 fully saturated rings. The molecule has 3 aliphatic heterocycles. The first-order valence-electron chi connectivity index (χ1n) is 12.9. The van der Waals surface area contributed by atoms with Crippen LogP contribution in [0, 0.1) is 11.8 Å². The average molecular weight is 531 g/mol. The van der Waals surface area contributed by atoms with Gasteiger partial charge in [0, 0.05) is 17.3 Å².